The summed E-state index contributed by atoms with van der Waals surface area (Å²) in [4.78, 5) is 24.3. The number of unbranched alkanes of at least 4 members (excludes halogenated alkanes) is 2. The summed E-state index contributed by atoms with van der Waals surface area (Å²) < 4.78 is 0. The van der Waals surface area contributed by atoms with Crippen LogP contribution in [-0.2, 0) is 9.59 Å². The number of carbonyl (C=O) groups is 2. The number of hydrogen-bond donors (Lipinski definition) is 3. The molecule has 0 aliphatic rings. The van der Waals surface area contributed by atoms with E-state index in [1.165, 1.54) is 5.56 Å². The Hall–Kier alpha value is -2.82. The molecule has 0 bridgehead atoms. The number of aryl methyl sites for hydroxylation is 3. The maximum absolute atomic E-state index is 12.3. The van der Waals surface area contributed by atoms with Gasteiger partial charge in [0.05, 0.1) is 6.54 Å². The molecule has 5 heteroatoms. The third-order valence-corrected chi connectivity index (χ3v) is 4.55. The third-order valence-electron chi connectivity index (χ3n) is 4.55. The van der Waals surface area contributed by atoms with Crippen LogP contribution in [-0.4, -0.2) is 18.4 Å². The third kappa shape index (κ3) is 6.72. The molecular formula is C23H31N3O2. The smallest absolute Gasteiger partial charge is 0.243 e. The summed E-state index contributed by atoms with van der Waals surface area (Å²) in [5.74, 6) is -0.0854. The first kappa shape index (κ1) is 21.5. The first-order valence-electron chi connectivity index (χ1n) is 9.90. The number of benzene rings is 2. The minimum Gasteiger partial charge on any atom is -0.376 e. The van der Waals surface area contributed by atoms with Crippen molar-refractivity contribution >= 4 is 28.9 Å². The van der Waals surface area contributed by atoms with Crippen molar-refractivity contribution in [1.29, 1.82) is 0 Å². The maximum atomic E-state index is 12.3. The van der Waals surface area contributed by atoms with Gasteiger partial charge in [-0.25, -0.2) is 0 Å². The van der Waals surface area contributed by atoms with Crippen molar-refractivity contribution in [2.75, 3.05) is 22.5 Å². The van der Waals surface area contributed by atoms with Gasteiger partial charge in [0.15, 0.2) is 0 Å². The van der Waals surface area contributed by atoms with Gasteiger partial charge in [-0.15, -0.1) is 0 Å². The van der Waals surface area contributed by atoms with Gasteiger partial charge in [0, 0.05) is 23.5 Å². The Labute approximate surface area is 167 Å². The fourth-order valence-electron chi connectivity index (χ4n) is 3.21. The van der Waals surface area contributed by atoms with E-state index in [4.69, 9.17) is 0 Å². The quantitative estimate of drug-likeness (QED) is 0.524. The average Bonchev–Trinajstić information content (AvgIpc) is 2.63. The maximum Gasteiger partial charge on any atom is 0.243 e. The van der Waals surface area contributed by atoms with Gasteiger partial charge in [0.25, 0.3) is 0 Å². The lowest BCUT2D eigenvalue weighted by molar-refractivity contribution is -0.116. The van der Waals surface area contributed by atoms with Crippen molar-refractivity contribution in [2.45, 2.75) is 53.4 Å². The standard InChI is InChI=1S/C23H31N3O2/c1-5-6-7-11-21(27)25-20-10-8-9-19(14-20)24-15-22(28)26-23-17(3)12-16(2)13-18(23)4/h8-10,12-14,24H,5-7,11,15H2,1-4H3,(H,25,27)(H,26,28). The molecule has 0 heterocycles. The molecule has 0 aromatic heterocycles. The van der Waals surface area contributed by atoms with Crippen LogP contribution in [0.5, 0.6) is 0 Å². The number of anilines is 3. The normalized spacial score (nSPS) is 10.4. The van der Waals surface area contributed by atoms with E-state index in [-0.39, 0.29) is 18.4 Å². The van der Waals surface area contributed by atoms with Gasteiger partial charge in [-0.1, -0.05) is 43.5 Å². The molecule has 0 saturated carbocycles. The van der Waals surface area contributed by atoms with Gasteiger partial charge in [-0.05, 0) is 56.5 Å². The predicted octanol–water partition coefficient (Wildman–Crippen LogP) is 5.18. The summed E-state index contributed by atoms with van der Waals surface area (Å²) in [6.45, 7) is 8.31. The highest BCUT2D eigenvalue weighted by Crippen LogP contribution is 2.22. The molecule has 0 saturated heterocycles. The largest absolute Gasteiger partial charge is 0.376 e. The summed E-state index contributed by atoms with van der Waals surface area (Å²) in [6, 6.07) is 11.5. The molecule has 3 N–H and O–H groups in total. The molecule has 0 fully saturated rings. The van der Waals surface area contributed by atoms with E-state index in [2.05, 4.69) is 35.0 Å². The summed E-state index contributed by atoms with van der Waals surface area (Å²) in [7, 11) is 0. The van der Waals surface area contributed by atoms with E-state index >= 15 is 0 Å². The number of nitrogens with one attached hydrogen (secondary N) is 3. The predicted molar refractivity (Wildman–Crippen MR) is 117 cm³/mol. The van der Waals surface area contributed by atoms with Crippen molar-refractivity contribution in [3.05, 3.63) is 53.1 Å². The minimum absolute atomic E-state index is 0.0219. The molecule has 2 aromatic carbocycles. The molecular weight excluding hydrogens is 350 g/mol. The van der Waals surface area contributed by atoms with Crippen LogP contribution in [0.4, 0.5) is 17.1 Å². The number of rotatable bonds is 9. The molecule has 0 unspecified atom stereocenters. The lowest BCUT2D eigenvalue weighted by Crippen LogP contribution is -2.22. The van der Waals surface area contributed by atoms with Gasteiger partial charge >= 0.3 is 0 Å². The van der Waals surface area contributed by atoms with Crippen LogP contribution in [0.15, 0.2) is 36.4 Å². The minimum atomic E-state index is -0.107. The van der Waals surface area contributed by atoms with Crippen LogP contribution in [0.25, 0.3) is 0 Å². The highest BCUT2D eigenvalue weighted by Gasteiger charge is 2.09. The molecule has 0 aliphatic carbocycles. The lowest BCUT2D eigenvalue weighted by atomic mass is 10.1. The van der Waals surface area contributed by atoms with Crippen LogP contribution in [0, 0.1) is 20.8 Å². The molecule has 0 spiro atoms. The van der Waals surface area contributed by atoms with Crippen LogP contribution in [0.3, 0.4) is 0 Å². The van der Waals surface area contributed by atoms with Crippen LogP contribution in [0.2, 0.25) is 0 Å². The van der Waals surface area contributed by atoms with Crippen molar-refractivity contribution in [1.82, 2.24) is 0 Å². The zero-order valence-electron chi connectivity index (χ0n) is 17.3. The van der Waals surface area contributed by atoms with Gasteiger partial charge in [0.1, 0.15) is 0 Å². The molecule has 28 heavy (non-hydrogen) atoms. The Morgan fingerprint density at radius 3 is 2.21 bits per heavy atom. The molecule has 0 aliphatic heterocycles. The summed E-state index contributed by atoms with van der Waals surface area (Å²) >= 11 is 0. The highest BCUT2D eigenvalue weighted by molar-refractivity contribution is 5.95. The van der Waals surface area contributed by atoms with Gasteiger partial charge in [0.2, 0.25) is 11.8 Å². The Morgan fingerprint density at radius 2 is 1.54 bits per heavy atom. The van der Waals surface area contributed by atoms with Crippen molar-refractivity contribution < 1.29 is 9.59 Å². The van der Waals surface area contributed by atoms with Gasteiger partial charge in [-0.2, -0.15) is 0 Å². The molecule has 0 atom stereocenters. The first-order chi connectivity index (χ1) is 13.4. The van der Waals surface area contributed by atoms with E-state index in [1.807, 2.05) is 45.0 Å². The zero-order valence-corrected chi connectivity index (χ0v) is 17.3. The first-order valence-corrected chi connectivity index (χ1v) is 9.90. The lowest BCUT2D eigenvalue weighted by Gasteiger charge is -2.14. The number of amides is 2. The highest BCUT2D eigenvalue weighted by atomic mass is 16.2. The number of carbonyl (C=O) groups excluding carboxylic acids is 2. The topological polar surface area (TPSA) is 70.2 Å². The Kier molecular flexibility index (Phi) is 8.05. The monoisotopic (exact) mass is 381 g/mol. The van der Waals surface area contributed by atoms with E-state index in [0.717, 1.165) is 47.5 Å². The van der Waals surface area contributed by atoms with Crippen molar-refractivity contribution in [2.24, 2.45) is 0 Å². The summed E-state index contributed by atoms with van der Waals surface area (Å²) in [5, 5.41) is 9.01. The second kappa shape index (κ2) is 10.5. The summed E-state index contributed by atoms with van der Waals surface area (Å²) in [5.41, 5.74) is 5.68. The van der Waals surface area contributed by atoms with E-state index in [9.17, 15) is 9.59 Å². The zero-order chi connectivity index (χ0) is 20.5. The van der Waals surface area contributed by atoms with E-state index < -0.39 is 0 Å². The molecule has 2 amide bonds. The molecule has 2 aromatic rings. The molecule has 2 rings (SSSR count). The van der Waals surface area contributed by atoms with Crippen LogP contribution >= 0.6 is 0 Å². The molecule has 150 valence electrons. The fourth-order valence-corrected chi connectivity index (χ4v) is 3.21. The van der Waals surface area contributed by atoms with Crippen LogP contribution in [0.1, 0.15) is 49.3 Å². The Balaban J connectivity index is 1.89. The van der Waals surface area contributed by atoms with E-state index in [1.54, 1.807) is 0 Å². The number of hydrogen-bond acceptors (Lipinski definition) is 3. The molecule has 0 radical (unpaired) electrons. The fraction of sp³-hybridized carbons (Fsp3) is 0.391. The Bertz CT molecular complexity index is 807. The average molecular weight is 382 g/mol. The van der Waals surface area contributed by atoms with Crippen molar-refractivity contribution in [3.63, 3.8) is 0 Å². The SMILES string of the molecule is CCCCCC(=O)Nc1cccc(NCC(=O)Nc2c(C)cc(C)cc2C)c1. The summed E-state index contributed by atoms with van der Waals surface area (Å²) in [6.07, 6.45) is 3.59. The van der Waals surface area contributed by atoms with Crippen molar-refractivity contribution in [3.8, 4) is 0 Å². The van der Waals surface area contributed by atoms with Crippen LogP contribution < -0.4 is 16.0 Å². The van der Waals surface area contributed by atoms with E-state index in [0.29, 0.717) is 6.42 Å². The Morgan fingerprint density at radius 1 is 0.857 bits per heavy atom. The van der Waals surface area contributed by atoms with Gasteiger partial charge in [-0.3, -0.25) is 9.59 Å². The second-order valence-electron chi connectivity index (χ2n) is 7.26. The second-order valence-corrected chi connectivity index (χ2v) is 7.26. The van der Waals surface area contributed by atoms with Gasteiger partial charge < -0.3 is 16.0 Å². The molecule has 5 nitrogen and oxygen atoms in total.